The molecule has 0 radical (unpaired) electrons. The number of hydrogen-bond donors (Lipinski definition) is 1. The van der Waals surface area contributed by atoms with Crippen LogP contribution in [0.1, 0.15) is 24.0 Å². The maximum Gasteiger partial charge on any atom is 0.243 e. The van der Waals surface area contributed by atoms with Gasteiger partial charge in [0.25, 0.3) is 0 Å². The Hall–Kier alpha value is -2.18. The van der Waals surface area contributed by atoms with Crippen LogP contribution < -0.4 is 5.32 Å². The second-order valence-corrected chi connectivity index (χ2v) is 8.34. The number of sulfonamides is 1. The fraction of sp³-hybridized carbons (Fsp3) is 0.316. The van der Waals surface area contributed by atoms with Crippen LogP contribution in [-0.2, 0) is 14.8 Å². The third-order valence-electron chi connectivity index (χ3n) is 4.35. The van der Waals surface area contributed by atoms with Crippen LogP contribution in [0.2, 0.25) is 0 Å². The van der Waals surface area contributed by atoms with Crippen molar-refractivity contribution < 1.29 is 13.2 Å². The maximum absolute atomic E-state index is 12.9. The Kier molecular flexibility index (Phi) is 4.92. The molecular weight excluding hydrogens is 336 g/mol. The zero-order chi connectivity index (χ0) is 18.0. The molecule has 2 aromatic carbocycles. The summed E-state index contributed by atoms with van der Waals surface area (Å²) in [6, 6.07) is 13.4. The van der Waals surface area contributed by atoms with Gasteiger partial charge in [-0.15, -0.1) is 0 Å². The van der Waals surface area contributed by atoms with Crippen molar-refractivity contribution in [1.29, 1.82) is 0 Å². The Bertz CT molecular complexity index is 859. The minimum absolute atomic E-state index is 0.223. The fourth-order valence-corrected chi connectivity index (χ4v) is 4.97. The third kappa shape index (κ3) is 3.75. The van der Waals surface area contributed by atoms with E-state index in [-0.39, 0.29) is 10.8 Å². The van der Waals surface area contributed by atoms with Gasteiger partial charge in [-0.2, -0.15) is 4.31 Å². The zero-order valence-corrected chi connectivity index (χ0v) is 15.2. The minimum Gasteiger partial charge on any atom is -0.325 e. The second-order valence-electron chi connectivity index (χ2n) is 6.45. The summed E-state index contributed by atoms with van der Waals surface area (Å²) in [5, 5.41) is 2.87. The molecular formula is C19H22N2O3S. The highest BCUT2D eigenvalue weighted by atomic mass is 32.2. The van der Waals surface area contributed by atoms with Crippen molar-refractivity contribution in [3.05, 3.63) is 59.7 Å². The Balaban J connectivity index is 1.82. The molecule has 6 heteroatoms. The largest absolute Gasteiger partial charge is 0.325 e. The predicted molar refractivity (Wildman–Crippen MR) is 97.9 cm³/mol. The van der Waals surface area contributed by atoms with E-state index < -0.39 is 16.1 Å². The van der Waals surface area contributed by atoms with Crippen LogP contribution >= 0.6 is 0 Å². The van der Waals surface area contributed by atoms with Gasteiger partial charge in [0.2, 0.25) is 15.9 Å². The summed E-state index contributed by atoms with van der Waals surface area (Å²) in [7, 11) is -3.67. The molecule has 3 rings (SSSR count). The lowest BCUT2D eigenvalue weighted by Gasteiger charge is -2.23. The number of aryl methyl sites for hydroxylation is 2. The van der Waals surface area contributed by atoms with E-state index in [1.54, 1.807) is 30.3 Å². The van der Waals surface area contributed by atoms with Gasteiger partial charge in [0.1, 0.15) is 6.04 Å². The lowest BCUT2D eigenvalue weighted by atomic mass is 10.1. The molecule has 0 aliphatic carbocycles. The first-order chi connectivity index (χ1) is 11.9. The van der Waals surface area contributed by atoms with Gasteiger partial charge in [-0.1, -0.05) is 24.3 Å². The lowest BCUT2D eigenvalue weighted by molar-refractivity contribution is -0.119. The molecule has 5 nitrogen and oxygen atoms in total. The van der Waals surface area contributed by atoms with Crippen molar-refractivity contribution in [1.82, 2.24) is 4.31 Å². The lowest BCUT2D eigenvalue weighted by Crippen LogP contribution is -2.43. The van der Waals surface area contributed by atoms with Crippen molar-refractivity contribution >= 4 is 21.6 Å². The molecule has 1 atom stereocenters. The first kappa shape index (κ1) is 17.6. The molecule has 2 aromatic rings. The molecule has 0 bridgehead atoms. The normalized spacial score (nSPS) is 18.2. The summed E-state index contributed by atoms with van der Waals surface area (Å²) in [4.78, 5) is 12.9. The van der Waals surface area contributed by atoms with Crippen LogP contribution in [0.4, 0.5) is 5.69 Å². The van der Waals surface area contributed by atoms with Crippen molar-refractivity contribution in [2.24, 2.45) is 0 Å². The smallest absolute Gasteiger partial charge is 0.243 e. The van der Waals surface area contributed by atoms with Crippen LogP contribution in [0.15, 0.2) is 53.4 Å². The molecule has 1 N–H and O–H groups in total. The average Bonchev–Trinajstić information content (AvgIpc) is 3.05. The van der Waals surface area contributed by atoms with Crippen molar-refractivity contribution in [2.45, 2.75) is 37.6 Å². The van der Waals surface area contributed by atoms with E-state index in [0.717, 1.165) is 11.1 Å². The summed E-state index contributed by atoms with van der Waals surface area (Å²) < 4.78 is 27.0. The molecule has 0 aromatic heterocycles. The van der Waals surface area contributed by atoms with Crippen LogP contribution in [0, 0.1) is 13.8 Å². The van der Waals surface area contributed by atoms with Gasteiger partial charge in [-0.3, -0.25) is 4.79 Å². The number of nitrogens with zero attached hydrogens (tertiary/aromatic N) is 1. The zero-order valence-electron chi connectivity index (χ0n) is 14.4. The summed E-state index contributed by atoms with van der Waals surface area (Å²) in [5.41, 5.74) is 2.80. The molecule has 0 saturated carbocycles. The van der Waals surface area contributed by atoms with Crippen LogP contribution in [0.25, 0.3) is 0 Å². The third-order valence-corrected chi connectivity index (χ3v) is 6.27. The van der Waals surface area contributed by atoms with Gasteiger partial charge in [0.05, 0.1) is 4.90 Å². The van der Waals surface area contributed by atoms with E-state index >= 15 is 0 Å². The monoisotopic (exact) mass is 358 g/mol. The van der Waals surface area contributed by atoms with Crippen LogP contribution in [0.5, 0.6) is 0 Å². The Morgan fingerprint density at radius 1 is 1.08 bits per heavy atom. The van der Waals surface area contributed by atoms with Crippen LogP contribution in [0.3, 0.4) is 0 Å². The summed E-state index contributed by atoms with van der Waals surface area (Å²) in [6.45, 7) is 4.29. The van der Waals surface area contributed by atoms with E-state index in [4.69, 9.17) is 0 Å². The summed E-state index contributed by atoms with van der Waals surface area (Å²) in [6.07, 6.45) is 1.21. The molecule has 1 heterocycles. The Morgan fingerprint density at radius 3 is 2.36 bits per heavy atom. The van der Waals surface area contributed by atoms with Gasteiger partial charge in [-0.25, -0.2) is 8.42 Å². The van der Waals surface area contributed by atoms with E-state index in [2.05, 4.69) is 5.32 Å². The number of nitrogens with one attached hydrogen (secondary N) is 1. The van der Waals surface area contributed by atoms with Gasteiger partial charge in [0.15, 0.2) is 0 Å². The first-order valence-electron chi connectivity index (χ1n) is 8.34. The van der Waals surface area contributed by atoms with Crippen LogP contribution in [-0.4, -0.2) is 31.2 Å². The molecule has 1 aliphatic rings. The Morgan fingerprint density at radius 2 is 1.72 bits per heavy atom. The second kappa shape index (κ2) is 6.98. The molecule has 0 spiro atoms. The van der Waals surface area contributed by atoms with E-state index in [1.807, 2.05) is 32.0 Å². The molecule has 25 heavy (non-hydrogen) atoms. The molecule has 1 saturated heterocycles. The number of carbonyl (C=O) groups is 1. The highest BCUT2D eigenvalue weighted by molar-refractivity contribution is 7.89. The van der Waals surface area contributed by atoms with E-state index in [9.17, 15) is 13.2 Å². The van der Waals surface area contributed by atoms with Crippen molar-refractivity contribution in [3.63, 3.8) is 0 Å². The number of carbonyl (C=O) groups excluding carboxylic acids is 1. The highest BCUT2D eigenvalue weighted by Gasteiger charge is 2.39. The number of benzene rings is 2. The fourth-order valence-electron chi connectivity index (χ4n) is 3.29. The quantitative estimate of drug-likeness (QED) is 0.913. The number of rotatable bonds is 4. The predicted octanol–water partition coefficient (Wildman–Crippen LogP) is 3.10. The topological polar surface area (TPSA) is 66.5 Å². The maximum atomic E-state index is 12.9. The SMILES string of the molecule is Cc1cc(C)cc(NC(=O)[C@H]2CCCN2S(=O)(=O)c2ccccc2)c1. The van der Waals surface area contributed by atoms with Crippen molar-refractivity contribution in [3.8, 4) is 0 Å². The number of hydrogen-bond acceptors (Lipinski definition) is 3. The minimum atomic E-state index is -3.67. The molecule has 0 unspecified atom stereocenters. The summed E-state index contributed by atoms with van der Waals surface area (Å²) >= 11 is 0. The number of anilines is 1. The molecule has 1 fully saturated rings. The van der Waals surface area contributed by atoms with Gasteiger partial charge >= 0.3 is 0 Å². The number of amides is 1. The highest BCUT2D eigenvalue weighted by Crippen LogP contribution is 2.27. The summed E-state index contributed by atoms with van der Waals surface area (Å²) in [5.74, 6) is -0.276. The Labute approximate surface area is 148 Å². The molecule has 1 aliphatic heterocycles. The molecule has 1 amide bonds. The standard InChI is InChI=1S/C19H22N2O3S/c1-14-11-15(2)13-16(12-14)20-19(22)18-9-6-10-21(18)25(23,24)17-7-4-3-5-8-17/h3-5,7-8,11-13,18H,6,9-10H2,1-2H3,(H,20,22)/t18-/m1/s1. The average molecular weight is 358 g/mol. The molecule has 132 valence electrons. The first-order valence-corrected chi connectivity index (χ1v) is 9.78. The van der Waals surface area contributed by atoms with Gasteiger partial charge in [-0.05, 0) is 62.1 Å². The van der Waals surface area contributed by atoms with Crippen molar-refractivity contribution in [2.75, 3.05) is 11.9 Å². The van der Waals surface area contributed by atoms with Gasteiger partial charge < -0.3 is 5.32 Å². The van der Waals surface area contributed by atoms with E-state index in [1.165, 1.54) is 4.31 Å². The van der Waals surface area contributed by atoms with E-state index in [0.29, 0.717) is 25.1 Å². The van der Waals surface area contributed by atoms with Gasteiger partial charge in [0, 0.05) is 12.2 Å².